The molecule has 1 aliphatic heterocycles. The second-order valence-electron chi connectivity index (χ2n) is 6.44. The Kier molecular flexibility index (Phi) is 6.19. The van der Waals surface area contributed by atoms with Crippen LogP contribution in [-0.2, 0) is 6.54 Å². The molecule has 0 aromatic heterocycles. The molecule has 0 atom stereocenters. The van der Waals surface area contributed by atoms with Crippen LogP contribution in [0.3, 0.4) is 0 Å². The van der Waals surface area contributed by atoms with Crippen molar-refractivity contribution >= 4 is 40.5 Å². The van der Waals surface area contributed by atoms with E-state index in [-0.39, 0.29) is 23.7 Å². The van der Waals surface area contributed by atoms with Crippen molar-refractivity contribution < 1.29 is 9.72 Å². The quantitative estimate of drug-likeness (QED) is 0.569. The number of nitrogens with one attached hydrogen (secondary N) is 1. The Labute approximate surface area is 167 Å². The largest absolute Gasteiger partial charge is 0.366 e. The van der Waals surface area contributed by atoms with Crippen molar-refractivity contribution in [2.45, 2.75) is 25.8 Å². The predicted octanol–water partition coefficient (Wildman–Crippen LogP) is 4.82. The number of amides is 1. The molecule has 27 heavy (non-hydrogen) atoms. The van der Waals surface area contributed by atoms with Crippen molar-refractivity contribution in [1.29, 1.82) is 0 Å². The number of benzene rings is 2. The molecule has 1 heterocycles. The van der Waals surface area contributed by atoms with E-state index < -0.39 is 4.92 Å². The second kappa shape index (κ2) is 8.59. The zero-order valence-corrected chi connectivity index (χ0v) is 16.1. The Morgan fingerprint density at radius 3 is 2.48 bits per heavy atom. The van der Waals surface area contributed by atoms with Crippen molar-refractivity contribution in [3.8, 4) is 0 Å². The molecule has 0 spiro atoms. The molecule has 0 aliphatic carbocycles. The van der Waals surface area contributed by atoms with Gasteiger partial charge in [0.05, 0.1) is 15.0 Å². The highest BCUT2D eigenvalue weighted by Gasteiger charge is 2.23. The number of piperidine rings is 1. The van der Waals surface area contributed by atoms with E-state index in [4.69, 9.17) is 23.2 Å². The Morgan fingerprint density at radius 1 is 1.07 bits per heavy atom. The van der Waals surface area contributed by atoms with Gasteiger partial charge in [0.2, 0.25) is 0 Å². The SMILES string of the molecule is O=C(NCc1ccc(Cl)c(Cl)c1)c1ccc(N2CCCCC2)c([N+](=O)[O-])c1. The first-order chi connectivity index (χ1) is 13.0. The minimum absolute atomic E-state index is 0.0425. The maximum Gasteiger partial charge on any atom is 0.293 e. The standard InChI is InChI=1S/C19H19Cl2N3O3/c20-15-6-4-13(10-16(15)21)12-22-19(25)14-5-7-17(18(11-14)24(26)27)23-8-2-1-3-9-23/h4-7,10-11H,1-3,8-9,12H2,(H,22,25). The molecule has 0 saturated carbocycles. The summed E-state index contributed by atoms with van der Waals surface area (Å²) < 4.78 is 0. The van der Waals surface area contributed by atoms with E-state index in [1.54, 1.807) is 30.3 Å². The lowest BCUT2D eigenvalue weighted by molar-refractivity contribution is -0.384. The van der Waals surface area contributed by atoms with Gasteiger partial charge in [-0.25, -0.2) is 0 Å². The van der Waals surface area contributed by atoms with Crippen LogP contribution in [0.15, 0.2) is 36.4 Å². The third-order valence-electron chi connectivity index (χ3n) is 4.57. The highest BCUT2D eigenvalue weighted by molar-refractivity contribution is 6.42. The number of halogens is 2. The normalized spacial score (nSPS) is 14.1. The number of carbonyl (C=O) groups is 1. The van der Waals surface area contributed by atoms with Crippen LogP contribution in [0.2, 0.25) is 10.0 Å². The fourth-order valence-electron chi connectivity index (χ4n) is 3.15. The van der Waals surface area contributed by atoms with Gasteiger partial charge in [0.25, 0.3) is 11.6 Å². The van der Waals surface area contributed by atoms with Crippen LogP contribution in [0.25, 0.3) is 0 Å². The first-order valence-corrected chi connectivity index (χ1v) is 9.47. The van der Waals surface area contributed by atoms with Gasteiger partial charge in [-0.15, -0.1) is 0 Å². The van der Waals surface area contributed by atoms with E-state index in [1.807, 2.05) is 4.90 Å². The van der Waals surface area contributed by atoms with Gasteiger partial charge < -0.3 is 10.2 Å². The lowest BCUT2D eigenvalue weighted by atomic mass is 10.1. The molecule has 0 bridgehead atoms. The molecule has 2 aromatic carbocycles. The number of hydrogen-bond donors (Lipinski definition) is 1. The lowest BCUT2D eigenvalue weighted by Crippen LogP contribution is -2.30. The van der Waals surface area contributed by atoms with E-state index >= 15 is 0 Å². The summed E-state index contributed by atoms with van der Waals surface area (Å²) in [6.07, 6.45) is 3.17. The van der Waals surface area contributed by atoms with E-state index in [9.17, 15) is 14.9 Å². The topological polar surface area (TPSA) is 75.5 Å². The molecule has 2 aromatic rings. The summed E-state index contributed by atoms with van der Waals surface area (Å²) in [4.78, 5) is 25.5. The average molecular weight is 408 g/mol. The molecular formula is C19H19Cl2N3O3. The van der Waals surface area contributed by atoms with Gasteiger partial charge in [-0.1, -0.05) is 29.3 Å². The average Bonchev–Trinajstić information content (AvgIpc) is 2.68. The Bertz CT molecular complexity index is 867. The molecule has 1 N–H and O–H groups in total. The van der Waals surface area contributed by atoms with Crippen LogP contribution in [0.4, 0.5) is 11.4 Å². The van der Waals surface area contributed by atoms with Gasteiger partial charge in [0.15, 0.2) is 0 Å². The van der Waals surface area contributed by atoms with E-state index in [1.165, 1.54) is 6.07 Å². The summed E-state index contributed by atoms with van der Waals surface area (Å²) in [6.45, 7) is 1.84. The molecule has 1 fully saturated rings. The van der Waals surface area contributed by atoms with Gasteiger partial charge in [-0.05, 0) is 49.1 Å². The monoisotopic (exact) mass is 407 g/mol. The zero-order chi connectivity index (χ0) is 19.4. The van der Waals surface area contributed by atoms with Crippen LogP contribution in [0, 0.1) is 10.1 Å². The second-order valence-corrected chi connectivity index (χ2v) is 7.25. The highest BCUT2D eigenvalue weighted by atomic mass is 35.5. The molecule has 142 valence electrons. The maximum absolute atomic E-state index is 12.4. The van der Waals surface area contributed by atoms with Gasteiger partial charge in [-0.2, -0.15) is 0 Å². The molecule has 6 nitrogen and oxygen atoms in total. The fourth-order valence-corrected chi connectivity index (χ4v) is 3.47. The van der Waals surface area contributed by atoms with Crippen LogP contribution in [-0.4, -0.2) is 23.9 Å². The summed E-state index contributed by atoms with van der Waals surface area (Å²) in [7, 11) is 0. The summed E-state index contributed by atoms with van der Waals surface area (Å²) in [6, 6.07) is 9.72. The van der Waals surface area contributed by atoms with Gasteiger partial charge in [-0.3, -0.25) is 14.9 Å². The van der Waals surface area contributed by atoms with Crippen molar-refractivity contribution in [3.63, 3.8) is 0 Å². The van der Waals surface area contributed by atoms with Crippen molar-refractivity contribution in [3.05, 3.63) is 67.7 Å². The zero-order valence-electron chi connectivity index (χ0n) is 14.6. The number of nitro benzene ring substituents is 1. The van der Waals surface area contributed by atoms with Gasteiger partial charge in [0.1, 0.15) is 5.69 Å². The summed E-state index contributed by atoms with van der Waals surface area (Å²) in [5, 5.41) is 15.1. The van der Waals surface area contributed by atoms with E-state index in [0.29, 0.717) is 15.7 Å². The van der Waals surface area contributed by atoms with Crippen molar-refractivity contribution in [2.24, 2.45) is 0 Å². The third-order valence-corrected chi connectivity index (χ3v) is 5.31. The number of hydrogen-bond acceptors (Lipinski definition) is 4. The molecule has 8 heteroatoms. The molecule has 0 radical (unpaired) electrons. The Balaban J connectivity index is 1.75. The van der Waals surface area contributed by atoms with Crippen LogP contribution < -0.4 is 10.2 Å². The fraction of sp³-hybridized carbons (Fsp3) is 0.316. The van der Waals surface area contributed by atoms with E-state index in [2.05, 4.69) is 5.32 Å². The summed E-state index contributed by atoms with van der Waals surface area (Å²) in [5.74, 6) is -0.380. The minimum atomic E-state index is -0.431. The molecular weight excluding hydrogens is 389 g/mol. The van der Waals surface area contributed by atoms with Gasteiger partial charge >= 0.3 is 0 Å². The molecule has 3 rings (SSSR count). The number of carbonyl (C=O) groups excluding carboxylic acids is 1. The van der Waals surface area contributed by atoms with Gasteiger partial charge in [0, 0.05) is 31.3 Å². The van der Waals surface area contributed by atoms with Crippen molar-refractivity contribution in [2.75, 3.05) is 18.0 Å². The van der Waals surface area contributed by atoms with Crippen LogP contribution in [0.1, 0.15) is 35.2 Å². The van der Waals surface area contributed by atoms with E-state index in [0.717, 1.165) is 37.9 Å². The molecule has 0 unspecified atom stereocenters. The smallest absolute Gasteiger partial charge is 0.293 e. The predicted molar refractivity (Wildman–Crippen MR) is 107 cm³/mol. The summed E-state index contributed by atoms with van der Waals surface area (Å²) >= 11 is 11.8. The lowest BCUT2D eigenvalue weighted by Gasteiger charge is -2.28. The number of nitrogens with zero attached hydrogens (tertiary/aromatic N) is 2. The van der Waals surface area contributed by atoms with Crippen LogP contribution in [0.5, 0.6) is 0 Å². The number of nitro groups is 1. The first-order valence-electron chi connectivity index (χ1n) is 8.71. The molecule has 1 amide bonds. The number of rotatable bonds is 5. The number of anilines is 1. The molecule has 1 saturated heterocycles. The molecule has 1 aliphatic rings. The first kappa shape index (κ1) is 19.5. The van der Waals surface area contributed by atoms with Crippen molar-refractivity contribution in [1.82, 2.24) is 5.32 Å². The summed E-state index contributed by atoms with van der Waals surface area (Å²) in [5.41, 5.74) is 1.57. The maximum atomic E-state index is 12.4. The third kappa shape index (κ3) is 4.70. The Morgan fingerprint density at radius 2 is 1.81 bits per heavy atom. The van der Waals surface area contributed by atoms with Crippen LogP contribution >= 0.6 is 23.2 Å². The highest BCUT2D eigenvalue weighted by Crippen LogP contribution is 2.31. The minimum Gasteiger partial charge on any atom is -0.366 e. The Hall–Kier alpha value is -2.31.